The Hall–Kier alpha value is -3.08. The van der Waals surface area contributed by atoms with Gasteiger partial charge in [0.2, 0.25) is 10.0 Å². The number of fused-ring (bicyclic) bond motifs is 4. The maximum Gasteiger partial charge on any atom is 0.326 e. The minimum atomic E-state index is -4.41. The first-order valence-electron chi connectivity index (χ1n) is 14.9. The number of amides is 1. The summed E-state index contributed by atoms with van der Waals surface area (Å²) in [7, 11) is -3.30. The van der Waals surface area contributed by atoms with Gasteiger partial charge >= 0.3 is 5.97 Å². The number of rotatable bonds is 1. The number of carbonyl (C=O) groups excluding carboxylic acids is 2. The zero-order valence-electron chi connectivity index (χ0n) is 24.1. The normalized spacial score (nSPS) is 30.9. The quantitative estimate of drug-likeness (QED) is 0.357. The number of carbonyl (C=O) groups is 2. The van der Waals surface area contributed by atoms with E-state index in [4.69, 9.17) is 21.1 Å². The highest BCUT2D eigenvalue weighted by Gasteiger charge is 2.44. The number of nitrogens with zero attached hydrogens (tertiary/aromatic N) is 1. The predicted octanol–water partition coefficient (Wildman–Crippen LogP) is 4.15. The fraction of sp³-hybridized carbons (Fsp3) is 0.500. The van der Waals surface area contributed by atoms with Crippen LogP contribution < -0.4 is 14.4 Å². The third-order valence-corrected chi connectivity index (χ3v) is 11.6. The molecule has 6 rings (SSSR count). The molecule has 2 aliphatic carbocycles. The van der Waals surface area contributed by atoms with Gasteiger partial charge in [0.25, 0.3) is 5.91 Å². The Morgan fingerprint density at radius 3 is 2.79 bits per heavy atom. The summed E-state index contributed by atoms with van der Waals surface area (Å²) in [6.07, 6.45) is 7.53. The Morgan fingerprint density at radius 2 is 2.02 bits per heavy atom. The van der Waals surface area contributed by atoms with E-state index in [1.165, 1.54) is 11.1 Å². The molecule has 2 heterocycles. The minimum absolute atomic E-state index is 0.0387. The molecule has 1 spiro atoms. The highest BCUT2D eigenvalue weighted by molar-refractivity contribution is 7.91. The number of allylic oxidation sites excluding steroid dienone is 1. The van der Waals surface area contributed by atoms with Gasteiger partial charge in [0.1, 0.15) is 5.75 Å². The van der Waals surface area contributed by atoms with E-state index < -0.39 is 33.3 Å². The summed E-state index contributed by atoms with van der Waals surface area (Å²) in [6.45, 7) is 1.74. The lowest BCUT2D eigenvalue weighted by Gasteiger charge is -2.45. The highest BCUT2D eigenvalue weighted by atomic mass is 35.5. The monoisotopic (exact) mass is 628 g/mol. The second-order valence-electron chi connectivity index (χ2n) is 12.3. The predicted molar refractivity (Wildman–Crippen MR) is 163 cm³/mol. The van der Waals surface area contributed by atoms with Gasteiger partial charge in [-0.1, -0.05) is 29.8 Å². The molecule has 43 heavy (non-hydrogen) atoms. The molecule has 1 saturated carbocycles. The molecule has 2 N–H and O–H groups in total. The average molecular weight is 629 g/mol. The van der Waals surface area contributed by atoms with Gasteiger partial charge in [-0.25, -0.2) is 13.1 Å². The molecule has 9 nitrogen and oxygen atoms in total. The van der Waals surface area contributed by atoms with Crippen LogP contribution in [0.25, 0.3) is 0 Å². The van der Waals surface area contributed by atoms with Gasteiger partial charge in [0.05, 0.1) is 25.5 Å². The molecule has 2 bridgehead atoms. The van der Waals surface area contributed by atoms with Crippen molar-refractivity contribution in [2.75, 3.05) is 31.7 Å². The number of hydrogen-bond donors (Lipinski definition) is 2. The van der Waals surface area contributed by atoms with Gasteiger partial charge in [-0.15, -0.1) is 0 Å². The molecule has 1 amide bonds. The number of aliphatic hydroxyl groups is 1. The van der Waals surface area contributed by atoms with Crippen LogP contribution in [0.1, 0.15) is 60.0 Å². The lowest BCUT2D eigenvalue weighted by Crippen LogP contribution is -2.49. The number of aliphatic hydroxyl groups excluding tert-OH is 1. The second kappa shape index (κ2) is 11.8. The number of aryl methyl sites for hydroxylation is 1. The fourth-order valence-corrected chi connectivity index (χ4v) is 8.74. The molecule has 2 aromatic rings. The Bertz CT molecular complexity index is 1560. The van der Waals surface area contributed by atoms with Crippen molar-refractivity contribution >= 4 is 39.2 Å². The molecule has 2 aromatic carbocycles. The maximum atomic E-state index is 13.4. The first-order chi connectivity index (χ1) is 20.6. The van der Waals surface area contributed by atoms with Gasteiger partial charge in [0, 0.05) is 29.1 Å². The molecule has 5 atom stereocenters. The number of halogens is 1. The topological polar surface area (TPSA) is 122 Å². The van der Waals surface area contributed by atoms with Crippen LogP contribution in [0.2, 0.25) is 5.02 Å². The molecule has 0 aromatic heterocycles. The standard InChI is InChI=1S/C32H37ClN2O7S/c1-41-31(38)29-7-3-2-6-27(36)24-11-8-22(24)17-35-18-32(14-4-5-20-15-23(33)10-12-25(20)32)19-42-28-13-9-21(16-26(28)35)30(37)34-43(29,39)40/h2,6,9-10,12-13,15-16,22,24,27,29,36H,3-5,7-8,11,14,17-19H2,1H3,(H,34,37)/b6-2+/t22-,24+,27-,29+,32-/m0/s1. The second-order valence-corrected chi connectivity index (χ2v) is 14.6. The molecule has 11 heteroatoms. The van der Waals surface area contributed by atoms with Crippen molar-refractivity contribution in [3.63, 3.8) is 0 Å². The maximum absolute atomic E-state index is 13.4. The van der Waals surface area contributed by atoms with Crippen molar-refractivity contribution in [2.45, 2.75) is 61.7 Å². The van der Waals surface area contributed by atoms with Crippen LogP contribution in [-0.4, -0.2) is 63.6 Å². The summed E-state index contributed by atoms with van der Waals surface area (Å²) in [5, 5.41) is 10.2. The number of benzene rings is 2. The smallest absolute Gasteiger partial charge is 0.326 e. The summed E-state index contributed by atoms with van der Waals surface area (Å²) < 4.78 is 39.8. The van der Waals surface area contributed by atoms with Crippen LogP contribution in [-0.2, 0) is 31.4 Å². The van der Waals surface area contributed by atoms with Crippen molar-refractivity contribution < 1.29 is 32.6 Å². The van der Waals surface area contributed by atoms with E-state index in [2.05, 4.69) is 15.7 Å². The number of esters is 1. The highest BCUT2D eigenvalue weighted by Crippen LogP contribution is 2.46. The molecule has 1 fully saturated rings. The molecular formula is C32H37ClN2O7S. The first kappa shape index (κ1) is 30.0. The van der Waals surface area contributed by atoms with Crippen molar-refractivity contribution in [2.24, 2.45) is 11.8 Å². The Labute approximate surface area is 257 Å². The van der Waals surface area contributed by atoms with E-state index in [1.54, 1.807) is 30.4 Å². The van der Waals surface area contributed by atoms with Gasteiger partial charge in [-0.3, -0.25) is 9.59 Å². The van der Waals surface area contributed by atoms with Gasteiger partial charge in [0.15, 0.2) is 5.25 Å². The summed E-state index contributed by atoms with van der Waals surface area (Å²) >= 11 is 6.37. The third-order valence-electron chi connectivity index (χ3n) is 9.67. The molecule has 0 radical (unpaired) electrons. The van der Waals surface area contributed by atoms with Crippen molar-refractivity contribution in [1.82, 2.24) is 4.72 Å². The van der Waals surface area contributed by atoms with Crippen molar-refractivity contribution in [1.29, 1.82) is 0 Å². The molecule has 0 unspecified atom stereocenters. The Balaban J connectivity index is 1.42. The summed E-state index contributed by atoms with van der Waals surface area (Å²) in [4.78, 5) is 28.1. The minimum Gasteiger partial charge on any atom is -0.490 e. The van der Waals surface area contributed by atoms with Crippen LogP contribution in [0, 0.1) is 11.8 Å². The van der Waals surface area contributed by atoms with Crippen molar-refractivity contribution in [3.8, 4) is 5.75 Å². The zero-order valence-corrected chi connectivity index (χ0v) is 25.7. The van der Waals surface area contributed by atoms with E-state index >= 15 is 0 Å². The number of ether oxygens (including phenoxy) is 2. The van der Waals surface area contributed by atoms with Crippen molar-refractivity contribution in [3.05, 3.63) is 70.3 Å². The number of hydrogen-bond acceptors (Lipinski definition) is 8. The zero-order chi connectivity index (χ0) is 30.4. The van der Waals surface area contributed by atoms with Crippen LogP contribution in [0.5, 0.6) is 5.75 Å². The average Bonchev–Trinajstić information content (AvgIpc) is 3.11. The molecule has 2 aliphatic heterocycles. The van der Waals surface area contributed by atoms with E-state index in [1.807, 2.05) is 12.1 Å². The third kappa shape index (κ3) is 5.77. The largest absolute Gasteiger partial charge is 0.490 e. The van der Waals surface area contributed by atoms with Crippen LogP contribution in [0.4, 0.5) is 5.69 Å². The summed E-state index contributed by atoms with van der Waals surface area (Å²) in [5.41, 5.74) is 2.97. The van der Waals surface area contributed by atoms with E-state index in [0.717, 1.165) is 39.2 Å². The van der Waals surface area contributed by atoms with E-state index in [-0.39, 0.29) is 35.7 Å². The molecule has 230 valence electrons. The number of nitrogens with one attached hydrogen (secondary N) is 1. The Kier molecular flexibility index (Phi) is 8.21. The number of sulfonamides is 1. The van der Waals surface area contributed by atoms with E-state index in [0.29, 0.717) is 36.2 Å². The Morgan fingerprint density at radius 1 is 1.19 bits per heavy atom. The lowest BCUT2D eigenvalue weighted by atomic mass is 9.68. The summed E-state index contributed by atoms with van der Waals surface area (Å²) in [5.74, 6) is -0.910. The molecular weight excluding hydrogens is 592 g/mol. The lowest BCUT2D eigenvalue weighted by molar-refractivity contribution is -0.140. The van der Waals surface area contributed by atoms with Gasteiger partial charge < -0.3 is 19.5 Å². The molecule has 0 saturated heterocycles. The summed E-state index contributed by atoms with van der Waals surface area (Å²) in [6, 6.07) is 11.0. The van der Waals surface area contributed by atoms with Gasteiger partial charge in [-0.2, -0.15) is 0 Å². The van der Waals surface area contributed by atoms with Gasteiger partial charge in [-0.05, 0) is 98.2 Å². The SMILES string of the molecule is COC(=O)[C@H]1CC/C=C/[C@H](O)[C@@H]2CC[C@H]2CN2C[C@@]3(CCCc4cc(Cl)ccc43)COc3ccc(cc32)C(=O)NS1(=O)=O. The first-order valence-corrected chi connectivity index (χ1v) is 16.8. The number of anilines is 1. The van der Waals surface area contributed by atoms with E-state index in [9.17, 15) is 23.1 Å². The van der Waals surface area contributed by atoms with Crippen LogP contribution >= 0.6 is 11.6 Å². The van der Waals surface area contributed by atoms with Crippen LogP contribution in [0.15, 0.2) is 48.6 Å². The fourth-order valence-electron chi connectivity index (χ4n) is 7.23. The molecule has 4 aliphatic rings. The number of methoxy groups -OCH3 is 1. The van der Waals surface area contributed by atoms with Crippen LogP contribution in [0.3, 0.4) is 0 Å².